The van der Waals surface area contributed by atoms with Crippen LogP contribution in [0.4, 0.5) is 0 Å². The summed E-state index contributed by atoms with van der Waals surface area (Å²) in [5.74, 6) is 4.94. The van der Waals surface area contributed by atoms with Crippen LogP contribution in [-0.2, 0) is 0 Å². The van der Waals surface area contributed by atoms with Gasteiger partial charge in [-0.25, -0.2) is 0 Å². The van der Waals surface area contributed by atoms with E-state index in [2.05, 4.69) is 167 Å². The topological polar surface area (TPSA) is 187 Å². The van der Waals surface area contributed by atoms with E-state index in [1.54, 1.807) is 67.3 Å². The Balaban J connectivity index is 0.000000146. The molecule has 4 aliphatic heterocycles. The number of likely N-dealkylation sites (tertiary alicyclic amines) is 4. The van der Waals surface area contributed by atoms with Crippen LogP contribution >= 0.6 is 0 Å². The highest BCUT2D eigenvalue weighted by Gasteiger charge is 2.40. The highest BCUT2D eigenvalue weighted by molar-refractivity contribution is 5.51. The van der Waals surface area contributed by atoms with Crippen LogP contribution < -0.4 is 0 Å². The number of benzene rings is 4. The van der Waals surface area contributed by atoms with Crippen molar-refractivity contribution in [1.82, 2.24) is 100 Å². The average Bonchev–Trinajstić information content (AvgIpc) is 1.59. The summed E-state index contributed by atoms with van der Waals surface area (Å²) in [6.45, 7) is 33.0. The van der Waals surface area contributed by atoms with Gasteiger partial charge in [-0.3, -0.25) is 19.6 Å². The molecule has 0 bridgehead atoms. The summed E-state index contributed by atoms with van der Waals surface area (Å²) in [5, 5.41) is 51.3. The third-order valence-electron chi connectivity index (χ3n) is 25.9. The Kier molecular flexibility index (Phi) is 23.8. The van der Waals surface area contributed by atoms with E-state index in [1.165, 1.54) is 63.8 Å². The van der Waals surface area contributed by atoms with Gasteiger partial charge in [-0.2, -0.15) is 18.7 Å². The highest BCUT2D eigenvalue weighted by atomic mass is 15.6. The fraction of sp³-hybridized carbons (Fsp3) is 0.542. The minimum absolute atomic E-state index is 0.0346. The van der Waals surface area contributed by atoms with Crippen LogP contribution in [0.15, 0.2) is 168 Å². The molecule has 20 heteroatoms. The molecule has 4 aliphatic carbocycles. The first kappa shape index (κ1) is 70.0. The number of aromatic nitrogens is 16. The first-order valence-electron chi connectivity index (χ1n) is 48.9. The van der Waals surface area contributed by atoms with E-state index in [0.29, 0.717) is 69.9 Å². The van der Waals surface area contributed by atoms with Gasteiger partial charge >= 0.3 is 0 Å². The van der Waals surface area contributed by atoms with Crippen LogP contribution in [0, 0.1) is 78.8 Å². The van der Waals surface area contributed by atoms with Crippen LogP contribution in [0.25, 0.3) is 22.7 Å². The van der Waals surface area contributed by atoms with Crippen LogP contribution in [-0.4, -0.2) is 152 Å². The molecule has 0 spiro atoms. The summed E-state index contributed by atoms with van der Waals surface area (Å²) in [5.41, 5.74) is 17.1. The van der Waals surface area contributed by atoms with Crippen molar-refractivity contribution in [2.75, 3.05) is 45.8 Å². The van der Waals surface area contributed by atoms with Crippen molar-refractivity contribution in [2.45, 2.75) is 268 Å². The molecular weight excluding hydrogens is 1430 g/mol. The predicted octanol–water partition coefficient (Wildman–Crippen LogP) is 20.4. The van der Waals surface area contributed by atoms with Crippen molar-refractivity contribution < 1.29 is 16.4 Å². The molecule has 5 unspecified atom stereocenters. The number of rotatable bonds is 20. The molecule has 116 heavy (non-hydrogen) atoms. The molecule has 8 aliphatic rings. The van der Waals surface area contributed by atoms with Crippen LogP contribution in [0.3, 0.4) is 0 Å². The van der Waals surface area contributed by atoms with Crippen LogP contribution in [0.1, 0.15) is 291 Å². The van der Waals surface area contributed by atoms with E-state index in [4.69, 9.17) is 16.4 Å². The molecular formula is C96H132N20. The van der Waals surface area contributed by atoms with E-state index in [1.807, 2.05) is 52.0 Å². The normalized spacial score (nSPS) is 24.1. The summed E-state index contributed by atoms with van der Waals surface area (Å²) in [6.07, 6.45) is 34.5. The highest BCUT2D eigenvalue weighted by Crippen LogP contribution is 2.45. The molecule has 0 amide bonds. The summed E-state index contributed by atoms with van der Waals surface area (Å²) in [7, 11) is 0. The zero-order valence-corrected chi connectivity index (χ0v) is 70.4. The molecule has 4 aromatic heterocycles. The second kappa shape index (κ2) is 39.4. The van der Waals surface area contributed by atoms with Gasteiger partial charge in [0.05, 0.1) is 46.9 Å². The lowest BCUT2D eigenvalue weighted by atomic mass is 9.82. The van der Waals surface area contributed by atoms with Gasteiger partial charge in [-0.15, -0.1) is 20.4 Å². The molecule has 4 fully saturated rings. The number of para-hydroxylation sites is 4. The molecule has 8 heterocycles. The van der Waals surface area contributed by atoms with Crippen molar-refractivity contribution in [2.24, 2.45) is 23.7 Å². The Morgan fingerprint density at radius 3 is 0.828 bits per heavy atom. The quantitative estimate of drug-likeness (QED) is 0.0655. The van der Waals surface area contributed by atoms with Gasteiger partial charge in [0.2, 0.25) is 0 Å². The Labute approximate surface area is 709 Å². The summed E-state index contributed by atoms with van der Waals surface area (Å²) in [6, 6.07) is 21.7. The van der Waals surface area contributed by atoms with Crippen molar-refractivity contribution in [1.29, 1.82) is 0 Å². The number of hydrogen-bond acceptors (Lipinski definition) is 16. The minimum Gasteiger partial charge on any atom is -0.290 e. The molecule has 0 radical (unpaired) electrons. The van der Waals surface area contributed by atoms with Gasteiger partial charge in [0.1, 0.15) is 0 Å². The van der Waals surface area contributed by atoms with Crippen molar-refractivity contribution >= 4 is 0 Å². The summed E-state index contributed by atoms with van der Waals surface area (Å²) >= 11 is 0. The molecule has 0 saturated carbocycles. The Morgan fingerprint density at radius 2 is 0.586 bits per heavy atom. The second-order valence-electron chi connectivity index (χ2n) is 34.2. The minimum atomic E-state index is -2.25. The van der Waals surface area contributed by atoms with Crippen molar-refractivity contribution in [3.05, 3.63) is 236 Å². The van der Waals surface area contributed by atoms with Gasteiger partial charge in [0, 0.05) is 22.5 Å². The van der Waals surface area contributed by atoms with Gasteiger partial charge in [0.15, 0.2) is 23.3 Å². The lowest BCUT2D eigenvalue weighted by Crippen LogP contribution is -2.37. The Morgan fingerprint density at radius 1 is 0.336 bits per heavy atom. The maximum absolute atomic E-state index is 8.09. The number of nitrogens with zero attached hydrogens (tertiary/aromatic N) is 20. The van der Waals surface area contributed by atoms with Gasteiger partial charge in [0.25, 0.3) is 0 Å². The molecule has 16 rings (SSSR count). The van der Waals surface area contributed by atoms with Gasteiger partial charge < -0.3 is 0 Å². The summed E-state index contributed by atoms with van der Waals surface area (Å²) in [4.78, 5) is 9.92. The lowest BCUT2D eigenvalue weighted by Gasteiger charge is -2.37. The maximum atomic E-state index is 8.09. The number of hydrogen-bond donors (Lipinski definition) is 0. The molecule has 4 aromatic carbocycles. The number of allylic oxidation sites excluding steroid dienone is 8. The monoisotopic (exact) mass is 1580 g/mol. The molecule has 616 valence electrons. The standard InChI is InChI=1S/C25H35N5.2C24H33N5.C23H31N5/c1-18(2)21-12-14-22(15-13-21)24(29-16-7-5-6-8-17-29)25-26-27-28-30(25)23-19(3)10-9-11-20(23)4;1-16(2)20-11-13-21(14-12-20)23(28-15-7-10-19(28)5)24-25-26-27-29(24)22-17(3)8-6-9-18(22)4;1-17(2)20-11-13-21(14-12-20)23(28-15-6-5-7-16-28)24-25-26-27-29(24)22-18(3)9-8-10-19(22)4;1-16(2)19-10-12-20(13-11-19)22(27-14-5-6-15-27)23-24-25-26-28(23)21-17(3)8-7-9-18(21)4/h9-11,14,21,24H,1,5-8,12-13,15-17H2,2-4H3;6,8-9,13,19-20,23H,1,7,10-12,14-15H2,2-5H3;8-10,13,20,23H,1,5-7,11-12,14-16H2,2-4H3;7-9,12,19,22H,1,5-6,10-11,13-15H2,2-4H3/t21-,24?;19?,20-,23?;20-,23?;19-,22?/m1111/s1/i4*3D3. The molecule has 0 N–H and O–H groups in total. The third-order valence-corrected chi connectivity index (χ3v) is 25.9. The zero-order valence-electron chi connectivity index (χ0n) is 82.4. The first-order valence-corrected chi connectivity index (χ1v) is 42.9. The Bertz CT molecular complexity index is 5320. The zero-order chi connectivity index (χ0) is 91.7. The van der Waals surface area contributed by atoms with E-state index >= 15 is 0 Å². The van der Waals surface area contributed by atoms with Gasteiger partial charge in [-0.1, -0.05) is 165 Å². The molecule has 9 atom stereocenters. The van der Waals surface area contributed by atoms with Crippen LogP contribution in [0.5, 0.6) is 0 Å². The largest absolute Gasteiger partial charge is 0.290 e. The number of piperidine rings is 1. The SMILES string of the molecule is [2H]C([2H])([2H])c1cccc(C)c1-n1nnnc1C(C1=CC[C@@H](C(=C)C)CC1)N1CCCC1.[2H]C([2H])([2H])c1cccc(C)c1-n1nnnc1C(C1=CC[C@@H](C(=C)C)CC1)N1CCCC1C.[2H]C([2H])([2H])c1cccc(C)c1-n1nnnc1C(C1=CC[C@@H](C(=C)C)CC1)N1CCCCC1.[2H]C([2H])([2H])c1cccc(C)c1-n1nnnc1C(C1=CC[C@@H](C(=C)C)CC1)N1CCCCCC1. The predicted molar refractivity (Wildman–Crippen MR) is 468 cm³/mol. The van der Waals surface area contributed by atoms with Crippen LogP contribution in [0.2, 0.25) is 0 Å². The van der Waals surface area contributed by atoms with E-state index in [9.17, 15) is 0 Å². The van der Waals surface area contributed by atoms with Crippen molar-refractivity contribution in [3.63, 3.8) is 0 Å². The van der Waals surface area contributed by atoms with E-state index in [0.717, 1.165) is 202 Å². The lowest BCUT2D eigenvalue weighted by molar-refractivity contribution is 0.172. The fourth-order valence-corrected chi connectivity index (χ4v) is 19.1. The molecule has 20 nitrogen and oxygen atoms in total. The van der Waals surface area contributed by atoms with E-state index < -0.39 is 27.4 Å². The summed E-state index contributed by atoms with van der Waals surface area (Å²) < 4.78 is 104. The Hall–Kier alpha value is -9.08. The third kappa shape index (κ3) is 19.5. The smallest absolute Gasteiger partial charge is 0.178 e. The first-order chi connectivity index (χ1) is 61.0. The molecule has 8 aromatic rings. The maximum Gasteiger partial charge on any atom is 0.178 e. The fourth-order valence-electron chi connectivity index (χ4n) is 19.1. The van der Waals surface area contributed by atoms with E-state index in [-0.39, 0.29) is 46.4 Å². The number of tetrazole rings is 4. The van der Waals surface area contributed by atoms with Gasteiger partial charge in [-0.05, 0) is 396 Å². The number of aryl methyl sites for hydroxylation is 8. The van der Waals surface area contributed by atoms with Crippen molar-refractivity contribution in [3.8, 4) is 22.7 Å². The average molecular weight is 1580 g/mol. The molecule has 4 saturated heterocycles. The second-order valence-corrected chi connectivity index (χ2v) is 34.2.